The predicted molar refractivity (Wildman–Crippen MR) is 212 cm³/mol. The van der Waals surface area contributed by atoms with E-state index in [1.807, 2.05) is 18.2 Å². The lowest BCUT2D eigenvalue weighted by atomic mass is 9.93. The zero-order valence-corrected chi connectivity index (χ0v) is 32.5. The Morgan fingerprint density at radius 2 is 1.60 bits per heavy atom. The van der Waals surface area contributed by atoms with Gasteiger partial charge < -0.3 is 35.1 Å². The molecule has 1 saturated carbocycles. The number of carbonyl (C=O) groups excluding carboxylic acids is 1. The van der Waals surface area contributed by atoms with Gasteiger partial charge in [-0.1, -0.05) is 17.7 Å². The van der Waals surface area contributed by atoms with Crippen molar-refractivity contribution in [3.63, 3.8) is 0 Å². The molecule has 1 amide bonds. The van der Waals surface area contributed by atoms with Crippen LogP contribution in [0.3, 0.4) is 0 Å². The standard InChI is InChI=1S/C40H52ClN9O5/c1-48-36-11-3-29(23-37(36)49(2)40(48)52)27-44-16-20-54-22-21-53-19-15-43-26-28-13-17-50(18-14-28)38-12-10-35(46-47-38)39(51)45-31-5-8-32(9-6-31)55-33-7-4-30(25-42)34(41)24-33/h3-4,7,10-12,23-24,28,31-32,43-44H,5-6,8-9,13-22,26-27H2,1-2H3,(H,45,51). The zero-order chi connectivity index (χ0) is 38.6. The van der Waals surface area contributed by atoms with Crippen LogP contribution in [0.2, 0.25) is 5.02 Å². The Morgan fingerprint density at radius 3 is 2.29 bits per heavy atom. The zero-order valence-electron chi connectivity index (χ0n) is 31.8. The number of carbonyl (C=O) groups is 1. The van der Waals surface area contributed by atoms with Gasteiger partial charge in [-0.3, -0.25) is 13.9 Å². The van der Waals surface area contributed by atoms with Crippen LogP contribution in [-0.4, -0.2) is 96.5 Å². The van der Waals surface area contributed by atoms with Gasteiger partial charge in [-0.05, 0) is 92.9 Å². The molecule has 0 spiro atoms. The number of aromatic nitrogens is 4. The second-order valence-electron chi connectivity index (χ2n) is 14.4. The second-order valence-corrected chi connectivity index (χ2v) is 14.8. The van der Waals surface area contributed by atoms with Gasteiger partial charge in [-0.15, -0.1) is 10.2 Å². The van der Waals surface area contributed by atoms with Crippen LogP contribution in [-0.2, 0) is 30.1 Å². The fraction of sp³-hybridized carbons (Fsp3) is 0.525. The molecule has 0 atom stereocenters. The van der Waals surface area contributed by atoms with Crippen LogP contribution in [0.25, 0.3) is 11.0 Å². The van der Waals surface area contributed by atoms with E-state index in [0.717, 1.165) is 93.7 Å². The molecule has 294 valence electrons. The molecule has 15 heteroatoms. The fourth-order valence-corrected chi connectivity index (χ4v) is 7.44. The maximum atomic E-state index is 12.9. The first-order valence-electron chi connectivity index (χ1n) is 19.3. The minimum Gasteiger partial charge on any atom is -0.490 e. The van der Waals surface area contributed by atoms with Gasteiger partial charge in [0.2, 0.25) is 0 Å². The maximum absolute atomic E-state index is 12.9. The van der Waals surface area contributed by atoms with E-state index in [4.69, 9.17) is 31.1 Å². The number of hydrogen-bond acceptors (Lipinski definition) is 11. The highest BCUT2D eigenvalue weighted by atomic mass is 35.5. The Morgan fingerprint density at radius 1 is 0.873 bits per heavy atom. The van der Waals surface area contributed by atoms with Gasteiger partial charge in [0.15, 0.2) is 11.5 Å². The van der Waals surface area contributed by atoms with E-state index < -0.39 is 0 Å². The third-order valence-electron chi connectivity index (χ3n) is 10.5. The van der Waals surface area contributed by atoms with E-state index in [0.29, 0.717) is 60.9 Å². The van der Waals surface area contributed by atoms with Gasteiger partial charge in [0.25, 0.3) is 5.91 Å². The molecule has 1 aliphatic carbocycles. The minimum atomic E-state index is -0.207. The van der Waals surface area contributed by atoms with Crippen LogP contribution in [0.5, 0.6) is 5.75 Å². The summed E-state index contributed by atoms with van der Waals surface area (Å²) in [5, 5.41) is 28.1. The van der Waals surface area contributed by atoms with Crippen molar-refractivity contribution in [2.75, 3.05) is 64.1 Å². The first kappa shape index (κ1) is 40.2. The number of imidazole rings is 1. The number of hydrogen-bond donors (Lipinski definition) is 3. The van der Waals surface area contributed by atoms with Crippen LogP contribution in [0.15, 0.2) is 53.3 Å². The number of nitrogens with one attached hydrogen (secondary N) is 3. The van der Waals surface area contributed by atoms with Crippen molar-refractivity contribution in [2.24, 2.45) is 20.0 Å². The lowest BCUT2D eigenvalue weighted by Crippen LogP contribution is -2.40. The highest BCUT2D eigenvalue weighted by Crippen LogP contribution is 2.28. The van der Waals surface area contributed by atoms with Gasteiger partial charge in [0.05, 0.1) is 54.2 Å². The smallest absolute Gasteiger partial charge is 0.328 e. The summed E-state index contributed by atoms with van der Waals surface area (Å²) in [7, 11) is 3.59. The van der Waals surface area contributed by atoms with Crippen LogP contribution in [0.4, 0.5) is 5.82 Å². The molecular weight excluding hydrogens is 722 g/mol. The number of piperidine rings is 1. The Hall–Kier alpha value is -4.52. The SMILES string of the molecule is Cn1c(=O)n(C)c2cc(CNCCOCCOCCNCC3CCN(c4ccc(C(=O)NC5CCC(Oc6ccc(C#N)c(Cl)c6)CC5)nn4)CC3)ccc21. The average molecular weight is 774 g/mol. The maximum Gasteiger partial charge on any atom is 0.328 e. The molecule has 1 aliphatic heterocycles. The monoisotopic (exact) mass is 773 g/mol. The number of rotatable bonds is 18. The Labute approximate surface area is 327 Å². The largest absolute Gasteiger partial charge is 0.490 e. The van der Waals surface area contributed by atoms with E-state index in [2.05, 4.69) is 43.2 Å². The van der Waals surface area contributed by atoms with Crippen LogP contribution >= 0.6 is 11.6 Å². The molecule has 2 aromatic heterocycles. The van der Waals surface area contributed by atoms with E-state index in [1.54, 1.807) is 47.5 Å². The molecule has 2 aromatic carbocycles. The molecule has 0 radical (unpaired) electrons. The van der Waals surface area contributed by atoms with Crippen molar-refractivity contribution >= 4 is 34.4 Å². The summed E-state index contributed by atoms with van der Waals surface area (Å²) in [5.41, 5.74) is 3.73. The van der Waals surface area contributed by atoms with E-state index in [-0.39, 0.29) is 23.7 Å². The summed E-state index contributed by atoms with van der Waals surface area (Å²) in [6.07, 6.45) is 5.38. The van der Waals surface area contributed by atoms with Gasteiger partial charge in [0, 0.05) is 58.9 Å². The summed E-state index contributed by atoms with van der Waals surface area (Å²) in [4.78, 5) is 27.3. The first-order valence-corrected chi connectivity index (χ1v) is 19.6. The van der Waals surface area contributed by atoms with Crippen molar-refractivity contribution < 1.29 is 19.0 Å². The summed E-state index contributed by atoms with van der Waals surface area (Å²) in [5.74, 6) is 1.84. The van der Waals surface area contributed by atoms with E-state index in [1.165, 1.54) is 0 Å². The van der Waals surface area contributed by atoms with Gasteiger partial charge >= 0.3 is 5.69 Å². The summed E-state index contributed by atoms with van der Waals surface area (Å²) < 4.78 is 20.8. The third kappa shape index (κ3) is 11.0. The molecule has 3 heterocycles. The van der Waals surface area contributed by atoms with Gasteiger partial charge in [-0.2, -0.15) is 5.26 Å². The number of nitrogens with zero attached hydrogens (tertiary/aromatic N) is 6. The van der Waals surface area contributed by atoms with E-state index in [9.17, 15) is 9.59 Å². The molecule has 4 aromatic rings. The quantitative estimate of drug-likeness (QED) is 0.126. The molecule has 0 bridgehead atoms. The predicted octanol–water partition coefficient (Wildman–Crippen LogP) is 3.94. The number of nitriles is 1. The lowest BCUT2D eigenvalue weighted by molar-refractivity contribution is 0.0496. The Balaban J connectivity index is 0.766. The second kappa shape index (κ2) is 19.9. The Bertz CT molecular complexity index is 1960. The molecule has 6 rings (SSSR count). The lowest BCUT2D eigenvalue weighted by Gasteiger charge is -2.32. The topological polar surface area (TPSA) is 161 Å². The molecule has 2 aliphatic rings. The normalized spacial score (nSPS) is 17.7. The highest BCUT2D eigenvalue weighted by molar-refractivity contribution is 6.31. The number of amides is 1. The molecule has 1 saturated heterocycles. The van der Waals surface area contributed by atoms with Crippen molar-refractivity contribution in [3.05, 3.63) is 80.9 Å². The number of anilines is 1. The highest BCUT2D eigenvalue weighted by Gasteiger charge is 2.25. The summed E-state index contributed by atoms with van der Waals surface area (Å²) >= 11 is 6.14. The fourth-order valence-electron chi connectivity index (χ4n) is 7.23. The third-order valence-corrected chi connectivity index (χ3v) is 10.8. The molecule has 55 heavy (non-hydrogen) atoms. The van der Waals surface area contributed by atoms with Crippen molar-refractivity contribution in [1.29, 1.82) is 5.26 Å². The van der Waals surface area contributed by atoms with E-state index >= 15 is 0 Å². The van der Waals surface area contributed by atoms with Crippen LogP contribution in [0, 0.1) is 17.2 Å². The average Bonchev–Trinajstić information content (AvgIpc) is 3.42. The summed E-state index contributed by atoms with van der Waals surface area (Å²) in [6.45, 7) is 7.39. The summed E-state index contributed by atoms with van der Waals surface area (Å²) in [6, 6.07) is 17.0. The van der Waals surface area contributed by atoms with Crippen molar-refractivity contribution in [1.82, 2.24) is 35.3 Å². The molecule has 2 fully saturated rings. The number of ether oxygens (including phenoxy) is 3. The molecule has 0 unspecified atom stereocenters. The number of fused-ring (bicyclic) bond motifs is 1. The van der Waals surface area contributed by atoms with Crippen LogP contribution in [0.1, 0.15) is 60.1 Å². The molecule has 3 N–H and O–H groups in total. The first-order chi connectivity index (χ1) is 26.8. The number of halogens is 1. The molecular formula is C40H52ClN9O5. The number of benzene rings is 2. The van der Waals surface area contributed by atoms with Crippen molar-refractivity contribution in [3.8, 4) is 11.8 Å². The number of aryl methyl sites for hydroxylation is 2. The van der Waals surface area contributed by atoms with Gasteiger partial charge in [0.1, 0.15) is 11.8 Å². The van der Waals surface area contributed by atoms with Gasteiger partial charge in [-0.25, -0.2) is 4.79 Å². The Kier molecular flexibility index (Phi) is 14.5. The minimum absolute atomic E-state index is 0.0169. The van der Waals surface area contributed by atoms with Crippen molar-refractivity contribution in [2.45, 2.75) is 57.2 Å². The van der Waals surface area contributed by atoms with Crippen LogP contribution < -0.4 is 31.3 Å². The molecule has 14 nitrogen and oxygen atoms in total.